The highest BCUT2D eigenvalue weighted by atomic mass is 32.2. The molecule has 1 atom stereocenters. The van der Waals surface area contributed by atoms with Crippen LogP contribution in [0.15, 0.2) is 90.0 Å². The molecule has 0 bridgehead atoms. The van der Waals surface area contributed by atoms with Gasteiger partial charge in [0.25, 0.3) is 0 Å². The van der Waals surface area contributed by atoms with Gasteiger partial charge in [-0.25, -0.2) is 17.5 Å². The van der Waals surface area contributed by atoms with E-state index in [9.17, 15) is 12.8 Å². The first-order valence-electron chi connectivity index (χ1n) is 13.1. The molecular weight excluding hydrogens is 513 g/mol. The number of rotatable bonds is 11. The Bertz CT molecular complexity index is 1430. The summed E-state index contributed by atoms with van der Waals surface area (Å²) in [6, 6.07) is 19.1. The SMILES string of the molecule is C=C([C@H](Cc1cccc(C(=N)N)c1)NS(=O)(=O)c1cccc(-c2ccccc2F)c1)N1CCC(CCN)CC1. The van der Waals surface area contributed by atoms with Crippen molar-refractivity contribution in [3.63, 3.8) is 0 Å². The maximum atomic E-state index is 14.4. The normalized spacial score (nSPS) is 15.2. The number of sulfonamides is 1. The lowest BCUT2D eigenvalue weighted by Crippen LogP contribution is -2.45. The fourth-order valence-electron chi connectivity index (χ4n) is 5.08. The topological polar surface area (TPSA) is 125 Å². The minimum Gasteiger partial charge on any atom is -0.384 e. The van der Waals surface area contributed by atoms with Gasteiger partial charge in [-0.05, 0) is 73.5 Å². The summed E-state index contributed by atoms with van der Waals surface area (Å²) in [5.74, 6) is 0.0805. The molecule has 0 amide bonds. The van der Waals surface area contributed by atoms with Crippen molar-refractivity contribution in [3.8, 4) is 11.1 Å². The average molecular weight is 550 g/mol. The van der Waals surface area contributed by atoms with Crippen LogP contribution in [-0.4, -0.2) is 44.8 Å². The number of nitrogens with two attached hydrogens (primary N) is 2. The maximum Gasteiger partial charge on any atom is 0.241 e. The zero-order chi connectivity index (χ0) is 28.0. The Morgan fingerprint density at radius 2 is 1.79 bits per heavy atom. The number of hydrogen-bond donors (Lipinski definition) is 4. The Hall–Kier alpha value is -3.53. The molecule has 1 aliphatic rings. The molecule has 1 saturated heterocycles. The average Bonchev–Trinajstić information content (AvgIpc) is 2.93. The fourth-order valence-corrected chi connectivity index (χ4v) is 6.35. The van der Waals surface area contributed by atoms with Crippen molar-refractivity contribution in [1.29, 1.82) is 5.41 Å². The second-order valence-corrected chi connectivity index (χ2v) is 11.7. The molecule has 1 aliphatic heterocycles. The Morgan fingerprint density at radius 3 is 2.49 bits per heavy atom. The smallest absolute Gasteiger partial charge is 0.241 e. The molecule has 39 heavy (non-hydrogen) atoms. The van der Waals surface area contributed by atoms with Gasteiger partial charge in [-0.1, -0.05) is 55.1 Å². The number of nitrogen functional groups attached to an aromatic ring is 1. The van der Waals surface area contributed by atoms with E-state index in [1.54, 1.807) is 48.5 Å². The van der Waals surface area contributed by atoms with E-state index in [4.69, 9.17) is 16.9 Å². The molecule has 1 fully saturated rings. The molecule has 3 aromatic carbocycles. The van der Waals surface area contributed by atoms with Crippen LogP contribution in [0.2, 0.25) is 0 Å². The third kappa shape index (κ3) is 7.11. The van der Waals surface area contributed by atoms with Crippen molar-refractivity contribution in [2.45, 2.75) is 36.6 Å². The van der Waals surface area contributed by atoms with Crippen molar-refractivity contribution in [2.75, 3.05) is 19.6 Å². The lowest BCUT2D eigenvalue weighted by atomic mass is 9.92. The third-order valence-electron chi connectivity index (χ3n) is 7.30. The molecule has 9 heteroatoms. The van der Waals surface area contributed by atoms with E-state index in [1.165, 1.54) is 18.2 Å². The second kappa shape index (κ2) is 12.5. The Labute approximate surface area is 230 Å². The molecule has 1 heterocycles. The Morgan fingerprint density at radius 1 is 1.08 bits per heavy atom. The Kier molecular flexibility index (Phi) is 9.16. The molecular formula is C30H36FN5O2S. The Balaban J connectivity index is 1.62. The number of benzene rings is 3. The van der Waals surface area contributed by atoms with Crippen LogP contribution in [0.25, 0.3) is 11.1 Å². The van der Waals surface area contributed by atoms with E-state index in [2.05, 4.69) is 16.2 Å². The van der Waals surface area contributed by atoms with Crippen molar-refractivity contribution in [3.05, 3.63) is 102 Å². The molecule has 6 N–H and O–H groups in total. The summed E-state index contributed by atoms with van der Waals surface area (Å²) in [7, 11) is -4.00. The van der Waals surface area contributed by atoms with Gasteiger partial charge in [0, 0.05) is 29.9 Å². The van der Waals surface area contributed by atoms with Crippen molar-refractivity contribution >= 4 is 15.9 Å². The van der Waals surface area contributed by atoms with Gasteiger partial charge in [-0.15, -0.1) is 0 Å². The quantitative estimate of drug-likeness (QED) is 0.210. The molecule has 0 saturated carbocycles. The summed E-state index contributed by atoms with van der Waals surface area (Å²) in [4.78, 5) is 2.19. The van der Waals surface area contributed by atoms with E-state index < -0.39 is 21.9 Å². The summed E-state index contributed by atoms with van der Waals surface area (Å²) in [5.41, 5.74) is 14.3. The van der Waals surface area contributed by atoms with Gasteiger partial charge in [-0.3, -0.25) is 5.41 Å². The number of nitrogens with zero attached hydrogens (tertiary/aromatic N) is 1. The minimum atomic E-state index is -4.00. The summed E-state index contributed by atoms with van der Waals surface area (Å²) >= 11 is 0. The monoisotopic (exact) mass is 549 g/mol. The summed E-state index contributed by atoms with van der Waals surface area (Å²) < 4.78 is 44.6. The van der Waals surface area contributed by atoms with E-state index >= 15 is 0 Å². The predicted octanol–water partition coefficient (Wildman–Crippen LogP) is 4.24. The van der Waals surface area contributed by atoms with Gasteiger partial charge in [0.1, 0.15) is 11.7 Å². The highest BCUT2D eigenvalue weighted by Gasteiger charge is 2.28. The van der Waals surface area contributed by atoms with E-state index in [0.717, 1.165) is 37.9 Å². The van der Waals surface area contributed by atoms with Crippen LogP contribution >= 0.6 is 0 Å². The number of hydrogen-bond acceptors (Lipinski definition) is 5. The fraction of sp³-hybridized carbons (Fsp3) is 0.300. The number of halogens is 1. The number of piperidine rings is 1. The van der Waals surface area contributed by atoms with Crippen LogP contribution in [0, 0.1) is 17.1 Å². The van der Waals surface area contributed by atoms with Crippen LogP contribution in [0.1, 0.15) is 30.4 Å². The first-order valence-corrected chi connectivity index (χ1v) is 14.6. The number of likely N-dealkylation sites (tertiary alicyclic amines) is 1. The second-order valence-electron chi connectivity index (χ2n) is 10.00. The van der Waals surface area contributed by atoms with E-state index in [0.29, 0.717) is 41.3 Å². The molecule has 0 radical (unpaired) electrons. The lowest BCUT2D eigenvalue weighted by molar-refractivity contribution is 0.209. The molecule has 4 rings (SSSR count). The predicted molar refractivity (Wildman–Crippen MR) is 154 cm³/mol. The number of nitrogens with one attached hydrogen (secondary N) is 2. The van der Waals surface area contributed by atoms with Crippen LogP contribution in [0.5, 0.6) is 0 Å². The summed E-state index contributed by atoms with van der Waals surface area (Å²) in [5, 5.41) is 7.78. The molecule has 3 aromatic rings. The van der Waals surface area contributed by atoms with Gasteiger partial charge < -0.3 is 16.4 Å². The minimum absolute atomic E-state index is 0.0418. The standard InChI is InChI=1S/C30H36FN5O2S/c1-21(36-16-13-22(12-15-32)14-17-36)29(19-23-6-4-8-25(18-23)30(33)34)35-39(37,38)26-9-5-7-24(20-26)27-10-2-3-11-28(27)31/h2-11,18,20,22,29,35H,1,12-17,19,32H2,(H3,33,34)/t29-/m0/s1. The van der Waals surface area contributed by atoms with Gasteiger partial charge in [0.2, 0.25) is 10.0 Å². The molecule has 0 spiro atoms. The largest absolute Gasteiger partial charge is 0.384 e. The first kappa shape index (κ1) is 28.5. The van der Waals surface area contributed by atoms with Crippen LogP contribution < -0.4 is 16.2 Å². The molecule has 0 aliphatic carbocycles. The first-order chi connectivity index (χ1) is 18.7. The highest BCUT2D eigenvalue weighted by Crippen LogP contribution is 2.27. The van der Waals surface area contributed by atoms with Crippen molar-refractivity contribution < 1.29 is 12.8 Å². The van der Waals surface area contributed by atoms with Crippen LogP contribution in [0.3, 0.4) is 0 Å². The zero-order valence-electron chi connectivity index (χ0n) is 21.9. The zero-order valence-corrected chi connectivity index (χ0v) is 22.8. The van der Waals surface area contributed by atoms with Gasteiger partial charge in [0.05, 0.1) is 10.9 Å². The van der Waals surface area contributed by atoms with E-state index in [1.807, 2.05) is 6.07 Å². The maximum absolute atomic E-state index is 14.4. The lowest BCUT2D eigenvalue weighted by Gasteiger charge is -2.37. The molecule has 206 valence electrons. The van der Waals surface area contributed by atoms with E-state index in [-0.39, 0.29) is 10.7 Å². The summed E-state index contributed by atoms with van der Waals surface area (Å²) in [6.45, 7) is 6.53. The molecule has 0 unspecified atom stereocenters. The van der Waals surface area contributed by atoms with Gasteiger partial charge in [-0.2, -0.15) is 0 Å². The molecule has 7 nitrogen and oxygen atoms in total. The van der Waals surface area contributed by atoms with Crippen LogP contribution in [-0.2, 0) is 16.4 Å². The van der Waals surface area contributed by atoms with Gasteiger partial charge in [0.15, 0.2) is 0 Å². The van der Waals surface area contributed by atoms with Crippen molar-refractivity contribution in [2.24, 2.45) is 17.4 Å². The number of amidine groups is 1. The molecule has 0 aromatic heterocycles. The van der Waals surface area contributed by atoms with Crippen LogP contribution in [0.4, 0.5) is 4.39 Å². The third-order valence-corrected chi connectivity index (χ3v) is 8.77. The summed E-state index contributed by atoms with van der Waals surface area (Å²) in [6.07, 6.45) is 3.25. The highest BCUT2D eigenvalue weighted by molar-refractivity contribution is 7.89. The van der Waals surface area contributed by atoms with Crippen molar-refractivity contribution in [1.82, 2.24) is 9.62 Å². The van der Waals surface area contributed by atoms with Gasteiger partial charge >= 0.3 is 0 Å².